The number of hydrogen-bond acceptors (Lipinski definition) is 7. The van der Waals surface area contributed by atoms with Gasteiger partial charge in [-0.15, -0.1) is 0 Å². The van der Waals surface area contributed by atoms with Crippen molar-refractivity contribution >= 4 is 5.78 Å². The van der Waals surface area contributed by atoms with Gasteiger partial charge in [0.1, 0.15) is 6.10 Å². The van der Waals surface area contributed by atoms with Gasteiger partial charge in [0.2, 0.25) is 0 Å². The maximum Gasteiger partial charge on any atom is 0.172 e. The Balaban J connectivity index is 2.90. The number of aliphatic hydroxyl groups is 3. The summed E-state index contributed by atoms with van der Waals surface area (Å²) < 4.78 is 17.9. The fourth-order valence-electron chi connectivity index (χ4n) is 5.67. The van der Waals surface area contributed by atoms with Crippen LogP contribution in [0.15, 0.2) is 11.6 Å². The number of methoxy groups -OCH3 is 1. The topological polar surface area (TPSA) is 105 Å². The van der Waals surface area contributed by atoms with Crippen LogP contribution < -0.4 is 0 Å². The van der Waals surface area contributed by atoms with Crippen LogP contribution in [0.1, 0.15) is 108 Å². The summed E-state index contributed by atoms with van der Waals surface area (Å²) in [6, 6.07) is 0. The van der Waals surface area contributed by atoms with Crippen LogP contribution in [0.4, 0.5) is 0 Å². The van der Waals surface area contributed by atoms with E-state index in [1.165, 1.54) is 0 Å². The molecule has 0 aromatic rings. The lowest BCUT2D eigenvalue weighted by atomic mass is 9.74. The van der Waals surface area contributed by atoms with Crippen molar-refractivity contribution in [2.75, 3.05) is 13.7 Å². The molecule has 0 bridgehead atoms. The molecule has 0 aliphatic carbocycles. The summed E-state index contributed by atoms with van der Waals surface area (Å²) in [7, 11) is 1.66. The van der Waals surface area contributed by atoms with E-state index in [4.69, 9.17) is 14.2 Å². The summed E-state index contributed by atoms with van der Waals surface area (Å²) in [5.41, 5.74) is -0.0732. The molecule has 3 N–H and O–H groups in total. The fourth-order valence-corrected chi connectivity index (χ4v) is 5.67. The van der Waals surface area contributed by atoms with Gasteiger partial charge < -0.3 is 29.5 Å². The lowest BCUT2D eigenvalue weighted by molar-refractivity contribution is -0.163. The van der Waals surface area contributed by atoms with Crippen molar-refractivity contribution in [3.05, 3.63) is 11.6 Å². The highest BCUT2D eigenvalue weighted by atomic mass is 16.8. The Hall–Kier alpha value is -0.830. The standard InChI is InChI=1S/C32H60O7/c1-12-24(13-2)18-22(5)25(34)14-20(3)17-28(35)31(7,8)30(36)29-27(38-32(9,10)39-29)16-21(4)15-26(37-11)23(6)19-33/h18,20-21,23-29,33-35H,12-17,19H2,1-11H3/b22-18-/t20-,21+,23?,25+,26-,27-,28?,29-/m1/s1. The number of carbonyl (C=O) groups is 1. The molecule has 1 fully saturated rings. The van der Waals surface area contributed by atoms with Crippen molar-refractivity contribution < 1.29 is 34.3 Å². The Kier molecular flexibility index (Phi) is 14.8. The summed E-state index contributed by atoms with van der Waals surface area (Å²) in [5, 5.41) is 31.5. The molecule has 1 saturated heterocycles. The van der Waals surface area contributed by atoms with Crippen molar-refractivity contribution in [1.29, 1.82) is 0 Å². The smallest absolute Gasteiger partial charge is 0.172 e. The van der Waals surface area contributed by atoms with Crippen LogP contribution in [0.25, 0.3) is 0 Å². The Bertz CT molecular complexity index is 758. The number of allylic oxidation sites excluding steroid dienone is 1. The second-order valence-electron chi connectivity index (χ2n) is 13.3. The molecule has 2 unspecified atom stereocenters. The monoisotopic (exact) mass is 556 g/mol. The highest BCUT2D eigenvalue weighted by molar-refractivity contribution is 5.89. The zero-order valence-electron chi connectivity index (χ0n) is 26.7. The minimum atomic E-state index is -1.05. The molecule has 0 radical (unpaired) electrons. The van der Waals surface area contributed by atoms with E-state index in [1.54, 1.807) is 21.0 Å². The number of aliphatic hydroxyl groups excluding tert-OH is 3. The van der Waals surface area contributed by atoms with Crippen LogP contribution in [-0.2, 0) is 19.0 Å². The van der Waals surface area contributed by atoms with Crippen molar-refractivity contribution in [1.82, 2.24) is 0 Å². The van der Waals surface area contributed by atoms with Crippen molar-refractivity contribution in [2.45, 2.75) is 144 Å². The van der Waals surface area contributed by atoms with Crippen molar-refractivity contribution in [3.8, 4) is 0 Å². The molecule has 0 amide bonds. The number of hydrogen-bond donors (Lipinski definition) is 3. The Morgan fingerprint density at radius 2 is 1.62 bits per heavy atom. The first-order chi connectivity index (χ1) is 18.0. The quantitative estimate of drug-likeness (QED) is 0.187. The predicted octanol–water partition coefficient (Wildman–Crippen LogP) is 5.68. The molecule has 39 heavy (non-hydrogen) atoms. The first-order valence-corrected chi connectivity index (χ1v) is 15.1. The zero-order valence-corrected chi connectivity index (χ0v) is 26.7. The SMILES string of the molecule is CCC(/C=C(/C)[C@@H](O)C[C@@H](C)CC(O)C(C)(C)C(=O)[C@@H]1OC(C)(C)O[C@@H]1C[C@@H](C)C[C@@H](OC)C(C)CO)CC. The average molecular weight is 557 g/mol. The molecular formula is C32H60O7. The van der Waals surface area contributed by atoms with Crippen LogP contribution in [0.3, 0.4) is 0 Å². The van der Waals surface area contributed by atoms with Gasteiger partial charge in [-0.1, -0.05) is 54.5 Å². The van der Waals surface area contributed by atoms with Gasteiger partial charge in [-0.25, -0.2) is 0 Å². The Labute approximate surface area is 238 Å². The highest BCUT2D eigenvalue weighted by Crippen LogP contribution is 2.39. The zero-order chi connectivity index (χ0) is 30.1. The largest absolute Gasteiger partial charge is 0.396 e. The van der Waals surface area contributed by atoms with Gasteiger partial charge in [0.15, 0.2) is 11.6 Å². The molecule has 8 atom stereocenters. The summed E-state index contributed by atoms with van der Waals surface area (Å²) in [5.74, 6) is -0.389. The number of rotatable bonds is 18. The third-order valence-electron chi connectivity index (χ3n) is 8.73. The minimum absolute atomic E-state index is 0.0145. The summed E-state index contributed by atoms with van der Waals surface area (Å²) >= 11 is 0. The normalized spacial score (nSPS) is 24.8. The van der Waals surface area contributed by atoms with Gasteiger partial charge >= 0.3 is 0 Å². The van der Waals surface area contributed by atoms with Gasteiger partial charge in [-0.05, 0) is 82.6 Å². The molecular weight excluding hydrogens is 496 g/mol. The van der Waals surface area contributed by atoms with Crippen molar-refractivity contribution in [3.63, 3.8) is 0 Å². The third kappa shape index (κ3) is 10.8. The Morgan fingerprint density at radius 1 is 1.03 bits per heavy atom. The van der Waals surface area contributed by atoms with Gasteiger partial charge in [0.05, 0.1) is 29.8 Å². The molecule has 7 heteroatoms. The first-order valence-electron chi connectivity index (χ1n) is 15.1. The van der Waals surface area contributed by atoms with E-state index in [2.05, 4.69) is 26.8 Å². The van der Waals surface area contributed by atoms with Gasteiger partial charge in [-0.2, -0.15) is 0 Å². The molecule has 0 saturated carbocycles. The number of carbonyl (C=O) groups excluding carboxylic acids is 1. The summed E-state index contributed by atoms with van der Waals surface area (Å²) in [6.45, 7) is 19.6. The Morgan fingerprint density at radius 3 is 2.13 bits per heavy atom. The van der Waals surface area contributed by atoms with E-state index in [-0.39, 0.29) is 36.2 Å². The summed E-state index contributed by atoms with van der Waals surface area (Å²) in [4.78, 5) is 13.8. The lowest BCUT2D eigenvalue weighted by Gasteiger charge is -2.34. The lowest BCUT2D eigenvalue weighted by Crippen LogP contribution is -2.47. The molecule has 1 aliphatic heterocycles. The van der Waals surface area contributed by atoms with E-state index >= 15 is 0 Å². The molecule has 1 aliphatic rings. The van der Waals surface area contributed by atoms with Crippen LogP contribution >= 0.6 is 0 Å². The predicted molar refractivity (Wildman–Crippen MR) is 156 cm³/mol. The van der Waals surface area contributed by atoms with E-state index in [0.717, 1.165) is 24.8 Å². The van der Waals surface area contributed by atoms with E-state index in [0.29, 0.717) is 25.2 Å². The minimum Gasteiger partial charge on any atom is -0.396 e. The maximum atomic E-state index is 13.8. The van der Waals surface area contributed by atoms with Gasteiger partial charge in [0.25, 0.3) is 0 Å². The van der Waals surface area contributed by atoms with Crippen LogP contribution in [-0.4, -0.2) is 71.1 Å². The second-order valence-corrected chi connectivity index (χ2v) is 13.3. The van der Waals surface area contributed by atoms with Gasteiger partial charge in [0, 0.05) is 19.6 Å². The number of ether oxygens (including phenoxy) is 3. The third-order valence-corrected chi connectivity index (χ3v) is 8.73. The maximum absolute atomic E-state index is 13.8. The molecule has 0 spiro atoms. The second kappa shape index (κ2) is 16.0. The van der Waals surface area contributed by atoms with Crippen LogP contribution in [0.5, 0.6) is 0 Å². The molecule has 0 aromatic carbocycles. The van der Waals surface area contributed by atoms with Crippen LogP contribution in [0.2, 0.25) is 0 Å². The van der Waals surface area contributed by atoms with Gasteiger partial charge in [-0.3, -0.25) is 4.79 Å². The molecule has 1 heterocycles. The first kappa shape index (κ1) is 36.2. The average Bonchev–Trinajstić information content (AvgIpc) is 3.17. The number of ketones is 1. The van der Waals surface area contributed by atoms with Crippen LogP contribution in [0, 0.1) is 29.1 Å². The summed E-state index contributed by atoms with van der Waals surface area (Å²) in [6.07, 6.45) is 3.78. The molecule has 1 rings (SSSR count). The molecule has 0 aromatic heterocycles. The van der Waals surface area contributed by atoms with Crippen molar-refractivity contribution in [2.24, 2.45) is 29.1 Å². The fraction of sp³-hybridized carbons (Fsp3) is 0.906. The molecule has 7 nitrogen and oxygen atoms in total. The number of Topliss-reactive ketones (excluding diaryl/α,β-unsaturated/α-hetero) is 1. The van der Waals surface area contributed by atoms with E-state index in [9.17, 15) is 20.1 Å². The highest BCUT2D eigenvalue weighted by Gasteiger charge is 2.51. The molecule has 230 valence electrons. The van der Waals surface area contributed by atoms with E-state index in [1.807, 2.05) is 34.6 Å². The van der Waals surface area contributed by atoms with E-state index < -0.39 is 35.6 Å².